The Morgan fingerprint density at radius 3 is 3.06 bits per heavy atom. The first-order chi connectivity index (χ1) is 8.53. The molecule has 0 aliphatic carbocycles. The molecular weight excluding hydrogens is 234 g/mol. The van der Waals surface area contributed by atoms with E-state index in [0.717, 1.165) is 5.56 Å². The number of hydrogen-bond donors (Lipinski definition) is 0. The van der Waals surface area contributed by atoms with Crippen LogP contribution in [-0.2, 0) is 9.47 Å². The second kappa shape index (κ2) is 3.68. The molecule has 3 rings (SSSR count). The van der Waals surface area contributed by atoms with Gasteiger partial charge in [0.1, 0.15) is 17.8 Å². The molecule has 2 aliphatic rings. The van der Waals surface area contributed by atoms with Crippen molar-refractivity contribution in [3.05, 3.63) is 23.4 Å². The standard InChI is InChI=1S/C13H15NO4/c1-4-16-12(15)7-5-8-9-10(17-9)13(2,3)18-11(8)14-6-7/h5-6,9-10H,4H2,1-3H3. The zero-order valence-corrected chi connectivity index (χ0v) is 10.6. The van der Waals surface area contributed by atoms with E-state index in [-0.39, 0.29) is 23.8 Å². The minimum Gasteiger partial charge on any atom is -0.468 e. The molecule has 0 radical (unpaired) electrons. The van der Waals surface area contributed by atoms with Crippen LogP contribution in [0.2, 0.25) is 0 Å². The largest absolute Gasteiger partial charge is 0.468 e. The molecule has 0 bridgehead atoms. The summed E-state index contributed by atoms with van der Waals surface area (Å²) in [7, 11) is 0. The molecule has 0 aromatic carbocycles. The van der Waals surface area contributed by atoms with Gasteiger partial charge in [0.2, 0.25) is 5.88 Å². The van der Waals surface area contributed by atoms with Gasteiger partial charge in [-0.05, 0) is 26.8 Å². The highest BCUT2D eigenvalue weighted by atomic mass is 16.6. The molecule has 3 heterocycles. The number of nitrogens with zero attached hydrogens (tertiary/aromatic N) is 1. The summed E-state index contributed by atoms with van der Waals surface area (Å²) in [5.74, 6) is 0.182. The molecule has 2 aliphatic heterocycles. The normalized spacial score (nSPS) is 26.6. The molecule has 0 spiro atoms. The lowest BCUT2D eigenvalue weighted by molar-refractivity contribution is 0.0524. The van der Waals surface area contributed by atoms with Crippen LogP contribution in [-0.4, -0.2) is 29.3 Å². The summed E-state index contributed by atoms with van der Waals surface area (Å²) in [5, 5.41) is 0. The molecule has 2 atom stereocenters. The van der Waals surface area contributed by atoms with Crippen LogP contribution in [0.25, 0.3) is 0 Å². The number of epoxide rings is 1. The molecule has 0 N–H and O–H groups in total. The smallest absolute Gasteiger partial charge is 0.339 e. The van der Waals surface area contributed by atoms with E-state index in [4.69, 9.17) is 14.2 Å². The van der Waals surface area contributed by atoms with Crippen molar-refractivity contribution in [1.82, 2.24) is 4.98 Å². The molecule has 18 heavy (non-hydrogen) atoms. The van der Waals surface area contributed by atoms with E-state index in [0.29, 0.717) is 18.1 Å². The number of rotatable bonds is 2. The number of fused-ring (bicyclic) bond motifs is 3. The Balaban J connectivity index is 1.94. The van der Waals surface area contributed by atoms with Crippen LogP contribution < -0.4 is 4.74 Å². The molecule has 5 heteroatoms. The summed E-state index contributed by atoms with van der Waals surface area (Å²) in [4.78, 5) is 15.8. The third-order valence-corrected chi connectivity index (χ3v) is 3.23. The summed E-state index contributed by atoms with van der Waals surface area (Å²) in [6.07, 6.45) is 1.52. The zero-order chi connectivity index (χ0) is 12.9. The van der Waals surface area contributed by atoms with Crippen molar-refractivity contribution in [3.8, 4) is 5.88 Å². The van der Waals surface area contributed by atoms with Crippen LogP contribution in [0.1, 0.15) is 42.8 Å². The number of hydrogen-bond acceptors (Lipinski definition) is 5. The van der Waals surface area contributed by atoms with Crippen LogP contribution in [0, 0.1) is 0 Å². The van der Waals surface area contributed by atoms with E-state index >= 15 is 0 Å². The Morgan fingerprint density at radius 1 is 1.56 bits per heavy atom. The Hall–Kier alpha value is -1.62. The molecule has 5 nitrogen and oxygen atoms in total. The third-order valence-electron chi connectivity index (χ3n) is 3.23. The van der Waals surface area contributed by atoms with Gasteiger partial charge in [0.05, 0.1) is 12.2 Å². The van der Waals surface area contributed by atoms with E-state index < -0.39 is 0 Å². The number of pyridine rings is 1. The number of esters is 1. The average Bonchev–Trinajstić information content (AvgIpc) is 3.09. The number of carbonyl (C=O) groups is 1. The van der Waals surface area contributed by atoms with Gasteiger partial charge in [0, 0.05) is 11.8 Å². The van der Waals surface area contributed by atoms with Gasteiger partial charge in [-0.15, -0.1) is 0 Å². The maximum absolute atomic E-state index is 11.6. The number of aromatic nitrogens is 1. The monoisotopic (exact) mass is 249 g/mol. The van der Waals surface area contributed by atoms with E-state index in [2.05, 4.69) is 4.98 Å². The third kappa shape index (κ3) is 1.66. The van der Waals surface area contributed by atoms with Gasteiger partial charge >= 0.3 is 5.97 Å². The van der Waals surface area contributed by atoms with Crippen LogP contribution in [0.15, 0.2) is 12.3 Å². The molecule has 0 amide bonds. The minimum absolute atomic E-state index is 0.00868. The molecule has 1 aromatic rings. The topological polar surface area (TPSA) is 61.0 Å². The summed E-state index contributed by atoms with van der Waals surface area (Å²) in [5.41, 5.74) is 0.911. The molecule has 96 valence electrons. The lowest BCUT2D eigenvalue weighted by Gasteiger charge is -2.28. The maximum Gasteiger partial charge on any atom is 0.339 e. The van der Waals surface area contributed by atoms with Crippen molar-refractivity contribution in [3.63, 3.8) is 0 Å². The van der Waals surface area contributed by atoms with E-state index in [1.807, 2.05) is 13.8 Å². The number of ether oxygens (including phenoxy) is 3. The molecule has 1 saturated heterocycles. The van der Waals surface area contributed by atoms with Crippen molar-refractivity contribution < 1.29 is 19.0 Å². The lowest BCUT2D eigenvalue weighted by atomic mass is 9.95. The van der Waals surface area contributed by atoms with Gasteiger partial charge in [0.25, 0.3) is 0 Å². The average molecular weight is 249 g/mol. The van der Waals surface area contributed by atoms with E-state index in [1.54, 1.807) is 13.0 Å². The van der Waals surface area contributed by atoms with Crippen molar-refractivity contribution in [2.45, 2.75) is 38.6 Å². The number of carbonyl (C=O) groups excluding carboxylic acids is 1. The first kappa shape index (κ1) is 11.5. The fraction of sp³-hybridized carbons (Fsp3) is 0.538. The summed E-state index contributed by atoms with van der Waals surface area (Å²) < 4.78 is 16.3. The van der Waals surface area contributed by atoms with Gasteiger partial charge in [0.15, 0.2) is 0 Å². The Kier molecular flexibility index (Phi) is 2.35. The van der Waals surface area contributed by atoms with Gasteiger partial charge in [-0.1, -0.05) is 0 Å². The van der Waals surface area contributed by atoms with Crippen molar-refractivity contribution in [2.75, 3.05) is 6.61 Å². The zero-order valence-electron chi connectivity index (χ0n) is 10.6. The van der Waals surface area contributed by atoms with Gasteiger partial charge in [-0.3, -0.25) is 0 Å². The van der Waals surface area contributed by atoms with E-state index in [1.165, 1.54) is 6.20 Å². The Bertz CT molecular complexity index is 512. The minimum atomic E-state index is -0.366. The molecular formula is C13H15NO4. The van der Waals surface area contributed by atoms with E-state index in [9.17, 15) is 4.79 Å². The highest BCUT2D eigenvalue weighted by Crippen LogP contribution is 2.52. The van der Waals surface area contributed by atoms with Crippen LogP contribution >= 0.6 is 0 Å². The predicted molar refractivity (Wildman–Crippen MR) is 62.5 cm³/mol. The summed E-state index contributed by atoms with van der Waals surface area (Å²) >= 11 is 0. The second-order valence-corrected chi connectivity index (χ2v) is 5.02. The molecule has 2 unspecified atom stereocenters. The van der Waals surface area contributed by atoms with Gasteiger partial charge in [-0.25, -0.2) is 9.78 Å². The second-order valence-electron chi connectivity index (χ2n) is 5.02. The SMILES string of the molecule is CCOC(=O)c1cnc2c(c1)C1OC1C(C)(C)O2. The maximum atomic E-state index is 11.6. The van der Waals surface area contributed by atoms with Gasteiger partial charge < -0.3 is 14.2 Å². The molecule has 1 aromatic heterocycles. The first-order valence-electron chi connectivity index (χ1n) is 6.04. The van der Waals surface area contributed by atoms with Crippen LogP contribution in [0.4, 0.5) is 0 Å². The fourth-order valence-electron chi connectivity index (χ4n) is 2.27. The van der Waals surface area contributed by atoms with Crippen molar-refractivity contribution in [1.29, 1.82) is 0 Å². The predicted octanol–water partition coefficient (Wildman–Crippen LogP) is 1.87. The summed E-state index contributed by atoms with van der Waals surface area (Å²) in [6.45, 7) is 6.07. The molecule has 0 saturated carbocycles. The van der Waals surface area contributed by atoms with Crippen molar-refractivity contribution >= 4 is 5.97 Å². The van der Waals surface area contributed by atoms with Gasteiger partial charge in [-0.2, -0.15) is 0 Å². The van der Waals surface area contributed by atoms with Crippen LogP contribution in [0.5, 0.6) is 5.88 Å². The highest BCUT2D eigenvalue weighted by Gasteiger charge is 2.57. The first-order valence-corrected chi connectivity index (χ1v) is 6.04. The van der Waals surface area contributed by atoms with Crippen molar-refractivity contribution in [2.24, 2.45) is 0 Å². The lowest BCUT2D eigenvalue weighted by Crippen LogP contribution is -2.38. The fourth-order valence-corrected chi connectivity index (χ4v) is 2.27. The summed E-state index contributed by atoms with van der Waals surface area (Å²) in [6, 6.07) is 1.75. The van der Waals surface area contributed by atoms with Crippen LogP contribution in [0.3, 0.4) is 0 Å². The molecule has 1 fully saturated rings. The highest BCUT2D eigenvalue weighted by molar-refractivity contribution is 5.89. The Morgan fingerprint density at radius 2 is 2.33 bits per heavy atom. The quantitative estimate of drug-likeness (QED) is 0.591. The Labute approximate surface area is 105 Å².